The number of hydrogen-bond donors (Lipinski definition) is 2. The molecule has 3 rings (SSSR count). The molecule has 5 heteroatoms. The Labute approximate surface area is 102 Å². The number of rotatable bonds is 2. The molecule has 0 radical (unpaired) electrons. The lowest BCUT2D eigenvalue weighted by Gasteiger charge is -2.47. The maximum Gasteiger partial charge on any atom is 0.221 e. The van der Waals surface area contributed by atoms with Crippen molar-refractivity contribution in [3.05, 3.63) is 0 Å². The molecule has 0 aromatic carbocycles. The highest BCUT2D eigenvalue weighted by Gasteiger charge is 2.49. The summed E-state index contributed by atoms with van der Waals surface area (Å²) in [7, 11) is 1.70. The average molecular weight is 242 g/mol. The Morgan fingerprint density at radius 1 is 1.12 bits per heavy atom. The van der Waals surface area contributed by atoms with E-state index in [1.54, 1.807) is 7.11 Å². The van der Waals surface area contributed by atoms with Gasteiger partial charge in [-0.3, -0.25) is 10.6 Å². The third-order valence-electron chi connectivity index (χ3n) is 4.10. The number of fused-ring (bicyclic) bond motifs is 1. The fourth-order valence-corrected chi connectivity index (χ4v) is 3.09. The zero-order valence-electron chi connectivity index (χ0n) is 10.4. The molecule has 2 heterocycles. The summed E-state index contributed by atoms with van der Waals surface area (Å²) in [4.78, 5) is 0. The lowest BCUT2D eigenvalue weighted by molar-refractivity contribution is -0.343. The van der Waals surface area contributed by atoms with Crippen LogP contribution in [0.15, 0.2) is 0 Å². The van der Waals surface area contributed by atoms with Gasteiger partial charge in [-0.25, -0.2) is 0 Å². The fraction of sp³-hybridized carbons (Fsp3) is 1.00. The molecule has 0 amide bonds. The summed E-state index contributed by atoms with van der Waals surface area (Å²) in [6.07, 6.45) is 5.20. The molecule has 0 bridgehead atoms. The topological polar surface area (TPSA) is 51.8 Å². The Kier molecular flexibility index (Phi) is 3.36. The normalized spacial score (nSPS) is 43.6. The van der Waals surface area contributed by atoms with Crippen molar-refractivity contribution in [1.29, 1.82) is 0 Å². The number of ether oxygens (including phenoxy) is 3. The van der Waals surface area contributed by atoms with Crippen LogP contribution in [0, 0.1) is 0 Å². The summed E-state index contributed by atoms with van der Waals surface area (Å²) in [6.45, 7) is 2.41. The van der Waals surface area contributed by atoms with Crippen LogP contribution in [0.3, 0.4) is 0 Å². The Morgan fingerprint density at radius 2 is 1.82 bits per heavy atom. The molecule has 2 aliphatic heterocycles. The van der Waals surface area contributed by atoms with E-state index in [9.17, 15) is 0 Å². The second-order valence-electron chi connectivity index (χ2n) is 5.15. The maximum atomic E-state index is 6.24. The second-order valence-corrected chi connectivity index (χ2v) is 5.15. The van der Waals surface area contributed by atoms with Crippen LogP contribution in [0.4, 0.5) is 0 Å². The summed E-state index contributed by atoms with van der Waals surface area (Å²) in [5.41, 5.74) is 0. The van der Waals surface area contributed by atoms with Gasteiger partial charge in [0.25, 0.3) is 0 Å². The highest BCUT2D eigenvalue weighted by atomic mass is 16.7. The SMILES string of the molecule is COC1(C2NCCN2)COC2CCCCC2O1. The quantitative estimate of drug-likeness (QED) is 0.725. The molecule has 0 aromatic rings. The minimum atomic E-state index is -0.658. The predicted molar refractivity (Wildman–Crippen MR) is 62.6 cm³/mol. The largest absolute Gasteiger partial charge is 0.370 e. The standard InChI is InChI=1S/C12H22N2O3/c1-15-12(11-13-6-7-14-11)8-16-9-4-2-3-5-10(9)17-12/h9-11,13-14H,2-8H2,1H3. The molecule has 2 saturated heterocycles. The molecule has 3 fully saturated rings. The van der Waals surface area contributed by atoms with Crippen LogP contribution >= 0.6 is 0 Å². The first-order valence-electron chi connectivity index (χ1n) is 6.65. The molecule has 1 saturated carbocycles. The van der Waals surface area contributed by atoms with E-state index in [0.29, 0.717) is 6.61 Å². The number of hydrogen-bond acceptors (Lipinski definition) is 5. The van der Waals surface area contributed by atoms with Gasteiger partial charge in [0.05, 0.1) is 12.2 Å². The molecule has 0 spiro atoms. The van der Waals surface area contributed by atoms with Gasteiger partial charge < -0.3 is 14.2 Å². The maximum absolute atomic E-state index is 6.24. The summed E-state index contributed by atoms with van der Waals surface area (Å²) < 4.78 is 17.8. The van der Waals surface area contributed by atoms with E-state index in [-0.39, 0.29) is 18.4 Å². The van der Waals surface area contributed by atoms with Gasteiger partial charge in [-0.1, -0.05) is 12.8 Å². The highest BCUT2D eigenvalue weighted by molar-refractivity contribution is 4.94. The van der Waals surface area contributed by atoms with E-state index in [1.807, 2.05) is 0 Å². The van der Waals surface area contributed by atoms with Crippen molar-refractivity contribution in [2.45, 2.75) is 49.8 Å². The Bertz CT molecular complexity index is 270. The van der Waals surface area contributed by atoms with Crippen molar-refractivity contribution in [3.63, 3.8) is 0 Å². The van der Waals surface area contributed by atoms with E-state index in [1.165, 1.54) is 12.8 Å². The summed E-state index contributed by atoms with van der Waals surface area (Å²) >= 11 is 0. The first-order chi connectivity index (χ1) is 8.34. The molecular weight excluding hydrogens is 220 g/mol. The van der Waals surface area contributed by atoms with Crippen LogP contribution in [0.25, 0.3) is 0 Å². The van der Waals surface area contributed by atoms with E-state index in [0.717, 1.165) is 25.9 Å². The van der Waals surface area contributed by atoms with Crippen molar-refractivity contribution in [1.82, 2.24) is 10.6 Å². The predicted octanol–water partition coefficient (Wildman–Crippen LogP) is 0.206. The first-order valence-corrected chi connectivity index (χ1v) is 6.65. The highest BCUT2D eigenvalue weighted by Crippen LogP contribution is 2.34. The number of nitrogens with one attached hydrogen (secondary N) is 2. The van der Waals surface area contributed by atoms with E-state index < -0.39 is 5.79 Å². The molecule has 3 atom stereocenters. The van der Waals surface area contributed by atoms with Gasteiger partial charge >= 0.3 is 0 Å². The Hall–Kier alpha value is -0.200. The fourth-order valence-electron chi connectivity index (χ4n) is 3.09. The molecule has 3 aliphatic rings. The Balaban J connectivity index is 1.72. The monoisotopic (exact) mass is 242 g/mol. The summed E-state index contributed by atoms with van der Waals surface area (Å²) in [5.74, 6) is -0.658. The first kappa shape index (κ1) is 11.9. The van der Waals surface area contributed by atoms with Gasteiger partial charge in [0.2, 0.25) is 5.79 Å². The summed E-state index contributed by atoms with van der Waals surface area (Å²) in [6, 6.07) is 0. The molecule has 0 aromatic heterocycles. The van der Waals surface area contributed by atoms with Crippen molar-refractivity contribution < 1.29 is 14.2 Å². The van der Waals surface area contributed by atoms with E-state index in [2.05, 4.69) is 10.6 Å². The molecule has 5 nitrogen and oxygen atoms in total. The summed E-state index contributed by atoms with van der Waals surface area (Å²) in [5, 5.41) is 6.74. The van der Waals surface area contributed by atoms with Gasteiger partial charge in [0.15, 0.2) is 0 Å². The molecule has 98 valence electrons. The van der Waals surface area contributed by atoms with Crippen LogP contribution in [0.2, 0.25) is 0 Å². The minimum Gasteiger partial charge on any atom is -0.370 e. The second kappa shape index (κ2) is 4.82. The Morgan fingerprint density at radius 3 is 2.53 bits per heavy atom. The van der Waals surface area contributed by atoms with Gasteiger partial charge in [-0.2, -0.15) is 0 Å². The van der Waals surface area contributed by atoms with Gasteiger partial charge in [0.1, 0.15) is 12.8 Å². The van der Waals surface area contributed by atoms with Gasteiger partial charge in [-0.05, 0) is 12.8 Å². The van der Waals surface area contributed by atoms with Crippen molar-refractivity contribution in [2.24, 2.45) is 0 Å². The molecule has 1 aliphatic carbocycles. The minimum absolute atomic E-state index is 0.0374. The van der Waals surface area contributed by atoms with Crippen molar-refractivity contribution >= 4 is 0 Å². The van der Waals surface area contributed by atoms with E-state index >= 15 is 0 Å². The molecular formula is C12H22N2O3. The van der Waals surface area contributed by atoms with Gasteiger partial charge in [0, 0.05) is 20.2 Å². The smallest absolute Gasteiger partial charge is 0.221 e. The lowest BCUT2D eigenvalue weighted by atomic mass is 9.93. The molecule has 3 unspecified atom stereocenters. The van der Waals surface area contributed by atoms with E-state index in [4.69, 9.17) is 14.2 Å². The third kappa shape index (κ3) is 2.11. The van der Waals surface area contributed by atoms with Gasteiger partial charge in [-0.15, -0.1) is 0 Å². The van der Waals surface area contributed by atoms with Crippen molar-refractivity contribution in [3.8, 4) is 0 Å². The number of methoxy groups -OCH3 is 1. The van der Waals surface area contributed by atoms with Crippen LogP contribution < -0.4 is 10.6 Å². The van der Waals surface area contributed by atoms with Crippen LogP contribution in [-0.4, -0.2) is 51.0 Å². The van der Waals surface area contributed by atoms with Crippen molar-refractivity contribution in [2.75, 3.05) is 26.8 Å². The molecule has 17 heavy (non-hydrogen) atoms. The lowest BCUT2D eigenvalue weighted by Crippen LogP contribution is -2.65. The van der Waals surface area contributed by atoms with Crippen LogP contribution in [-0.2, 0) is 14.2 Å². The zero-order valence-corrected chi connectivity index (χ0v) is 10.4. The zero-order chi connectivity index (χ0) is 11.7. The third-order valence-corrected chi connectivity index (χ3v) is 4.10. The average Bonchev–Trinajstić information content (AvgIpc) is 2.92. The van der Waals surface area contributed by atoms with Crippen LogP contribution in [0.5, 0.6) is 0 Å². The molecule has 2 N–H and O–H groups in total. The van der Waals surface area contributed by atoms with Crippen LogP contribution in [0.1, 0.15) is 25.7 Å².